The van der Waals surface area contributed by atoms with Crippen LogP contribution < -0.4 is 14.8 Å². The number of carbonyl (C=O) groups excluding carboxylic acids is 2. The fraction of sp³-hybridized carbons (Fsp3) is 0.269. The first-order chi connectivity index (χ1) is 16.9. The molecule has 3 atom stereocenters. The number of rotatable bonds is 6. The number of nitrogens with zero attached hydrogens (tertiary/aromatic N) is 1. The molecule has 0 radical (unpaired) electrons. The van der Waals surface area contributed by atoms with Gasteiger partial charge in [-0.25, -0.2) is 18.2 Å². The predicted molar refractivity (Wildman–Crippen MR) is 118 cm³/mol. The molecule has 3 aliphatic rings. The van der Waals surface area contributed by atoms with Gasteiger partial charge in [0.15, 0.2) is 11.6 Å². The Balaban J connectivity index is 1.16. The molecule has 0 spiro atoms. The first-order valence-corrected chi connectivity index (χ1v) is 11.3. The van der Waals surface area contributed by atoms with Crippen molar-refractivity contribution < 1.29 is 32.2 Å². The molecule has 1 fully saturated rings. The van der Waals surface area contributed by atoms with E-state index in [0.717, 1.165) is 17.2 Å². The van der Waals surface area contributed by atoms with Crippen molar-refractivity contribution in [2.24, 2.45) is 5.92 Å². The number of hydrogen-bond acceptors (Lipinski definition) is 5. The van der Waals surface area contributed by atoms with E-state index < -0.39 is 29.4 Å². The van der Waals surface area contributed by atoms with Crippen molar-refractivity contribution in [1.29, 1.82) is 0 Å². The van der Waals surface area contributed by atoms with E-state index in [1.807, 2.05) is 12.1 Å². The summed E-state index contributed by atoms with van der Waals surface area (Å²) in [6.07, 6.45) is 1.84. The molecule has 9 heteroatoms. The number of aromatic nitrogens is 1. The van der Waals surface area contributed by atoms with E-state index in [-0.39, 0.29) is 36.1 Å². The van der Waals surface area contributed by atoms with Crippen molar-refractivity contribution in [2.45, 2.75) is 37.7 Å². The molecular formula is C26H19F3N2O4. The molecule has 1 N–H and O–H groups in total. The lowest BCUT2D eigenvalue weighted by Gasteiger charge is -2.19. The standard InChI is InChI=1S/C26H19F3N2O4/c27-18-3-4-19(28)24(29)15(18)9-12(32)10-17-23-16-11-13(1-5-20(16)35-25(17)23)34-21-7-8-30-26-14(21)2-6-22(33)31-26/h1,3-5,7-8,11,17,23,25H,2,6,9-10H2,(H,30,31,33)/t17-,23-,25+/m0/s1. The van der Waals surface area contributed by atoms with Gasteiger partial charge in [0, 0.05) is 54.0 Å². The lowest BCUT2D eigenvalue weighted by molar-refractivity contribution is -0.119. The molecule has 3 heterocycles. The fourth-order valence-electron chi connectivity index (χ4n) is 5.00. The minimum absolute atomic E-state index is 0.0228. The number of fused-ring (bicyclic) bond motifs is 4. The number of hydrogen-bond donors (Lipinski definition) is 1. The van der Waals surface area contributed by atoms with Gasteiger partial charge in [-0.05, 0) is 42.8 Å². The maximum absolute atomic E-state index is 13.9. The minimum Gasteiger partial charge on any atom is -0.489 e. The van der Waals surface area contributed by atoms with Crippen molar-refractivity contribution in [1.82, 2.24) is 4.98 Å². The number of halogens is 3. The molecule has 1 aliphatic carbocycles. The number of anilines is 1. The van der Waals surface area contributed by atoms with Crippen molar-refractivity contribution in [3.8, 4) is 17.2 Å². The summed E-state index contributed by atoms with van der Waals surface area (Å²) in [4.78, 5) is 28.4. The Morgan fingerprint density at radius 3 is 2.80 bits per heavy atom. The van der Waals surface area contributed by atoms with Crippen LogP contribution in [0.2, 0.25) is 0 Å². The quantitative estimate of drug-likeness (QED) is 0.511. The minimum atomic E-state index is -1.32. The predicted octanol–water partition coefficient (Wildman–Crippen LogP) is 4.85. The number of ketones is 1. The molecule has 1 saturated carbocycles. The van der Waals surface area contributed by atoms with Gasteiger partial charge in [-0.1, -0.05) is 0 Å². The third-order valence-electron chi connectivity index (χ3n) is 6.78. The molecule has 0 saturated heterocycles. The molecule has 3 aromatic rings. The average Bonchev–Trinajstić information content (AvgIpc) is 3.35. The lowest BCUT2D eigenvalue weighted by atomic mass is 10.0. The van der Waals surface area contributed by atoms with Gasteiger partial charge in [0.05, 0.1) is 0 Å². The number of amides is 1. The lowest BCUT2D eigenvalue weighted by Crippen LogP contribution is -2.20. The zero-order valence-corrected chi connectivity index (χ0v) is 18.3. The van der Waals surface area contributed by atoms with Crippen molar-refractivity contribution in [3.05, 3.63) is 76.7 Å². The summed E-state index contributed by atoms with van der Waals surface area (Å²) in [5.74, 6) is -1.65. The summed E-state index contributed by atoms with van der Waals surface area (Å²) in [7, 11) is 0. The molecule has 1 amide bonds. The Morgan fingerprint density at radius 1 is 1.11 bits per heavy atom. The number of ether oxygens (including phenoxy) is 2. The van der Waals surface area contributed by atoms with Crippen molar-refractivity contribution in [3.63, 3.8) is 0 Å². The van der Waals surface area contributed by atoms with Crippen LogP contribution >= 0.6 is 0 Å². The number of carbonyl (C=O) groups is 2. The second-order valence-corrected chi connectivity index (χ2v) is 9.00. The van der Waals surface area contributed by atoms with E-state index in [1.54, 1.807) is 18.3 Å². The van der Waals surface area contributed by atoms with E-state index in [9.17, 15) is 22.8 Å². The fourth-order valence-corrected chi connectivity index (χ4v) is 5.00. The number of benzene rings is 2. The second kappa shape index (κ2) is 8.11. The average molecular weight is 480 g/mol. The van der Waals surface area contributed by atoms with Crippen LogP contribution in [0, 0.1) is 23.4 Å². The molecule has 6 nitrogen and oxygen atoms in total. The van der Waals surface area contributed by atoms with Gasteiger partial charge in [0.1, 0.15) is 40.8 Å². The molecule has 178 valence electrons. The zero-order valence-electron chi connectivity index (χ0n) is 18.3. The Labute approximate surface area is 198 Å². The molecule has 6 rings (SSSR count). The van der Waals surface area contributed by atoms with Crippen molar-refractivity contribution >= 4 is 17.5 Å². The topological polar surface area (TPSA) is 77.5 Å². The largest absolute Gasteiger partial charge is 0.489 e. The third-order valence-corrected chi connectivity index (χ3v) is 6.78. The number of nitrogens with one attached hydrogen (secondary N) is 1. The molecule has 2 aliphatic heterocycles. The molecule has 2 aromatic carbocycles. The first-order valence-electron chi connectivity index (χ1n) is 11.3. The Hall–Kier alpha value is -3.88. The number of Topliss-reactive ketones (excluding diaryl/α,β-unsaturated/α-hetero) is 1. The van der Waals surface area contributed by atoms with E-state index in [4.69, 9.17) is 9.47 Å². The smallest absolute Gasteiger partial charge is 0.225 e. The van der Waals surface area contributed by atoms with E-state index in [2.05, 4.69) is 10.3 Å². The van der Waals surface area contributed by atoms with Gasteiger partial charge in [0.2, 0.25) is 5.91 Å². The van der Waals surface area contributed by atoms with Crippen LogP contribution in [0.1, 0.15) is 35.4 Å². The van der Waals surface area contributed by atoms with Gasteiger partial charge < -0.3 is 14.8 Å². The van der Waals surface area contributed by atoms with Crippen molar-refractivity contribution in [2.75, 3.05) is 5.32 Å². The normalized spacial score (nSPS) is 21.3. The highest BCUT2D eigenvalue weighted by Gasteiger charge is 2.59. The number of pyridine rings is 1. The first kappa shape index (κ1) is 21.6. The summed E-state index contributed by atoms with van der Waals surface area (Å²) < 4.78 is 53.3. The Morgan fingerprint density at radius 2 is 1.94 bits per heavy atom. The van der Waals surface area contributed by atoms with Crippen LogP contribution in [-0.2, 0) is 22.4 Å². The molecule has 0 bridgehead atoms. The highest BCUT2D eigenvalue weighted by Crippen LogP contribution is 2.60. The van der Waals surface area contributed by atoms with Crippen LogP contribution in [0.4, 0.5) is 19.0 Å². The maximum atomic E-state index is 13.9. The summed E-state index contributed by atoms with van der Waals surface area (Å²) in [5.41, 5.74) is 1.19. The molecule has 1 aromatic heterocycles. The zero-order chi connectivity index (χ0) is 24.3. The van der Waals surface area contributed by atoms with Gasteiger partial charge in [-0.3, -0.25) is 9.59 Å². The van der Waals surface area contributed by atoms with Crippen LogP contribution in [-0.4, -0.2) is 22.8 Å². The van der Waals surface area contributed by atoms with E-state index >= 15 is 0 Å². The van der Waals surface area contributed by atoms with Gasteiger partial charge in [-0.15, -0.1) is 0 Å². The second-order valence-electron chi connectivity index (χ2n) is 9.00. The summed E-state index contributed by atoms with van der Waals surface area (Å²) in [6, 6.07) is 8.72. The third kappa shape index (κ3) is 3.80. The molecule has 0 unspecified atom stereocenters. The van der Waals surface area contributed by atoms with Gasteiger partial charge >= 0.3 is 0 Å². The summed E-state index contributed by atoms with van der Waals surface area (Å²) >= 11 is 0. The SMILES string of the molecule is O=C(Cc1c(F)ccc(F)c1F)C[C@@H]1[C@H]2Oc3ccc(Oc4ccnc5c4CCC(=O)N5)cc3[C@@H]12. The van der Waals surface area contributed by atoms with Gasteiger partial charge in [-0.2, -0.15) is 0 Å². The maximum Gasteiger partial charge on any atom is 0.225 e. The van der Waals surface area contributed by atoms with E-state index in [0.29, 0.717) is 42.0 Å². The summed E-state index contributed by atoms with van der Waals surface area (Å²) in [6.45, 7) is 0. The monoisotopic (exact) mass is 480 g/mol. The van der Waals surface area contributed by atoms with E-state index in [1.165, 1.54) is 0 Å². The summed E-state index contributed by atoms with van der Waals surface area (Å²) in [5, 5.41) is 2.74. The van der Waals surface area contributed by atoms with Crippen LogP contribution in [0.15, 0.2) is 42.6 Å². The highest BCUT2D eigenvalue weighted by atomic mass is 19.2. The van der Waals surface area contributed by atoms with Gasteiger partial charge in [0.25, 0.3) is 0 Å². The highest BCUT2D eigenvalue weighted by molar-refractivity contribution is 5.93. The van der Waals surface area contributed by atoms with Crippen LogP contribution in [0.5, 0.6) is 17.2 Å². The van der Waals surface area contributed by atoms with Crippen LogP contribution in [0.3, 0.4) is 0 Å². The molecule has 35 heavy (non-hydrogen) atoms. The molecular weight excluding hydrogens is 461 g/mol. The van der Waals surface area contributed by atoms with Crippen LogP contribution in [0.25, 0.3) is 0 Å². The Bertz CT molecular complexity index is 1390. The Kier molecular flexibility index (Phi) is 5.01.